The molecular weight excluding hydrogens is 331 g/mol. The van der Waals surface area contributed by atoms with Crippen molar-refractivity contribution in [3.8, 4) is 0 Å². The summed E-state index contributed by atoms with van der Waals surface area (Å²) in [5, 5.41) is 19.9. The quantitative estimate of drug-likeness (QED) is 0.652. The number of carbonyl (C=O) groups is 2. The zero-order valence-electron chi connectivity index (χ0n) is 11.5. The highest BCUT2D eigenvalue weighted by molar-refractivity contribution is 8.78. The summed E-state index contributed by atoms with van der Waals surface area (Å²) >= 11 is 0. The normalized spacial score (nSPS) is 43.1. The first kappa shape index (κ1) is 14.6. The lowest BCUT2D eigenvalue weighted by Gasteiger charge is -2.58. The lowest BCUT2D eigenvalue weighted by Crippen LogP contribution is -2.77. The number of aliphatic hydroxyl groups is 2. The van der Waals surface area contributed by atoms with Crippen LogP contribution in [0.25, 0.3) is 0 Å². The largest absolute Gasteiger partial charge is 0.392 e. The molecule has 118 valence electrons. The summed E-state index contributed by atoms with van der Waals surface area (Å²) in [6, 6.07) is -0.880. The molecule has 0 aromatic rings. The van der Waals surface area contributed by atoms with Crippen molar-refractivity contribution >= 4 is 33.4 Å². The Balaban J connectivity index is 1.89. The van der Waals surface area contributed by atoms with Crippen molar-refractivity contribution in [2.24, 2.45) is 0 Å². The number of carbonyl (C=O) groups excluding carboxylic acids is 2. The lowest BCUT2D eigenvalue weighted by atomic mass is 9.96. The first-order valence-corrected chi connectivity index (χ1v) is 8.88. The van der Waals surface area contributed by atoms with E-state index in [9.17, 15) is 24.2 Å². The summed E-state index contributed by atoms with van der Waals surface area (Å²) in [6.45, 7) is -0.529. The van der Waals surface area contributed by atoms with Crippen LogP contribution in [0.3, 0.4) is 0 Å². The van der Waals surface area contributed by atoms with Crippen molar-refractivity contribution in [3.63, 3.8) is 0 Å². The molecule has 0 saturated carbocycles. The zero-order chi connectivity index (χ0) is 15.9. The van der Waals surface area contributed by atoms with E-state index in [1.165, 1.54) is 39.8 Å². The third-order valence-corrected chi connectivity index (χ3v) is 8.43. The van der Waals surface area contributed by atoms with Gasteiger partial charge in [0, 0.05) is 13.5 Å². The second-order valence-corrected chi connectivity index (χ2v) is 8.48. The van der Waals surface area contributed by atoms with Gasteiger partial charge < -0.3 is 20.0 Å². The topological polar surface area (TPSA) is 81.1 Å². The molecule has 2 bridgehead atoms. The molecule has 4 saturated heterocycles. The summed E-state index contributed by atoms with van der Waals surface area (Å²) in [7, 11) is 3.86. The molecule has 2 N–H and O–H groups in total. The van der Waals surface area contributed by atoms with Crippen molar-refractivity contribution < 1.29 is 24.2 Å². The third-order valence-electron chi connectivity index (χ3n) is 4.79. The summed E-state index contributed by atoms with van der Waals surface area (Å²) in [4.78, 5) is 25.7. The van der Waals surface area contributed by atoms with E-state index in [-0.39, 0.29) is 12.3 Å². The van der Waals surface area contributed by atoms with E-state index in [1.807, 2.05) is 0 Å². The van der Waals surface area contributed by atoms with E-state index in [0.717, 1.165) is 10.8 Å². The minimum absolute atomic E-state index is 0.257. The van der Waals surface area contributed by atoms with Gasteiger partial charge in [-0.05, 0) is 22.4 Å². The Labute approximate surface area is 133 Å². The highest BCUT2D eigenvalue weighted by Gasteiger charge is 2.73. The van der Waals surface area contributed by atoms with Crippen LogP contribution in [0, 0.1) is 0 Å². The van der Waals surface area contributed by atoms with Gasteiger partial charge in [-0.2, -0.15) is 0 Å². The van der Waals surface area contributed by atoms with Gasteiger partial charge in [0.2, 0.25) is 4.87 Å². The highest BCUT2D eigenvalue weighted by atomic mass is 33.1. The van der Waals surface area contributed by atoms with Gasteiger partial charge in [0.05, 0.1) is 12.6 Å². The van der Waals surface area contributed by atoms with E-state index in [1.54, 1.807) is 0 Å². The van der Waals surface area contributed by atoms with Gasteiger partial charge in [-0.1, -0.05) is 16.9 Å². The lowest BCUT2D eigenvalue weighted by molar-refractivity contribution is -0.168. The van der Waals surface area contributed by atoms with Crippen molar-refractivity contribution in [1.29, 1.82) is 0 Å². The van der Waals surface area contributed by atoms with Crippen LogP contribution in [0.1, 0.15) is 6.42 Å². The Bertz CT molecular complexity index is 668. The second-order valence-electron chi connectivity index (χ2n) is 5.79. The van der Waals surface area contributed by atoms with Gasteiger partial charge in [-0.25, -0.2) is 4.39 Å². The van der Waals surface area contributed by atoms with Crippen molar-refractivity contribution in [2.45, 2.75) is 28.3 Å². The third kappa shape index (κ3) is 1.37. The molecule has 5 rings (SSSR count). The maximum Gasteiger partial charge on any atom is 0.264 e. The predicted octanol–water partition coefficient (Wildman–Crippen LogP) is -0.00650. The molecule has 4 fully saturated rings. The smallest absolute Gasteiger partial charge is 0.264 e. The molecule has 4 heterocycles. The monoisotopic (exact) mass is 344 g/mol. The molecule has 9 heteroatoms. The summed E-state index contributed by atoms with van der Waals surface area (Å²) in [5.41, 5.74) is 0.660. The SMILES string of the molecule is CN1C(=O)[C@]23CC4=CC=C(F)C(O)C4N2C(=O)[C@@]1(CO)SS3. The number of hydrogen-bond donors (Lipinski definition) is 2. The minimum Gasteiger partial charge on any atom is -0.392 e. The Hall–Kier alpha value is -1.03. The van der Waals surface area contributed by atoms with Gasteiger partial charge in [0.15, 0.2) is 4.87 Å². The molecule has 0 radical (unpaired) electrons. The Kier molecular flexibility index (Phi) is 2.83. The summed E-state index contributed by atoms with van der Waals surface area (Å²) in [5.74, 6) is -1.48. The molecule has 4 atom stereocenters. The molecule has 0 aromatic heterocycles. The Morgan fingerprint density at radius 2 is 2.09 bits per heavy atom. The Morgan fingerprint density at radius 3 is 2.77 bits per heavy atom. The fourth-order valence-electron chi connectivity index (χ4n) is 3.56. The number of halogens is 1. The maximum absolute atomic E-state index is 13.8. The van der Waals surface area contributed by atoms with Gasteiger partial charge in [0.25, 0.3) is 11.8 Å². The number of allylic oxidation sites excluding steroid dienone is 2. The number of aliphatic hydroxyl groups excluding tert-OH is 2. The van der Waals surface area contributed by atoms with Crippen molar-refractivity contribution in [3.05, 3.63) is 23.6 Å². The number of fused-ring (bicyclic) bond motifs is 3. The standard InChI is InChI=1S/C13H13FN2O4S2/c1-15-10(19)12-4-6-2-3-7(14)9(18)8(6)16(12)11(20)13(15,5-17)22-21-12/h2-3,8-9,17-18H,4-5H2,1H3/t8?,9?,12-,13-/m1/s1. The first-order valence-electron chi connectivity index (χ1n) is 6.73. The van der Waals surface area contributed by atoms with Gasteiger partial charge in [0.1, 0.15) is 11.9 Å². The van der Waals surface area contributed by atoms with E-state index in [2.05, 4.69) is 0 Å². The molecule has 4 aliphatic heterocycles. The molecule has 5 aliphatic rings. The van der Waals surface area contributed by atoms with Crippen LogP contribution in [0.15, 0.2) is 23.6 Å². The van der Waals surface area contributed by atoms with Gasteiger partial charge >= 0.3 is 0 Å². The molecule has 6 nitrogen and oxygen atoms in total. The molecule has 1 aliphatic carbocycles. The molecule has 1 spiro atoms. The average molecular weight is 344 g/mol. The highest BCUT2D eigenvalue weighted by Crippen LogP contribution is 2.64. The minimum atomic E-state index is -1.47. The van der Waals surface area contributed by atoms with E-state index >= 15 is 0 Å². The van der Waals surface area contributed by atoms with E-state index < -0.39 is 40.2 Å². The zero-order valence-corrected chi connectivity index (χ0v) is 13.2. The molecule has 0 aromatic carbocycles. The molecule has 2 amide bonds. The fraction of sp³-hybridized carbons (Fsp3) is 0.538. The molecule has 2 unspecified atom stereocenters. The summed E-state index contributed by atoms with van der Waals surface area (Å²) in [6.07, 6.45) is 1.50. The van der Waals surface area contributed by atoms with Crippen molar-refractivity contribution in [2.75, 3.05) is 13.7 Å². The van der Waals surface area contributed by atoms with Gasteiger partial charge in [-0.3, -0.25) is 9.59 Å². The average Bonchev–Trinajstić information content (AvgIpc) is 2.86. The van der Waals surface area contributed by atoms with Crippen LogP contribution < -0.4 is 0 Å². The second kappa shape index (κ2) is 4.28. The maximum atomic E-state index is 13.8. The number of rotatable bonds is 1. The predicted molar refractivity (Wildman–Crippen MR) is 79.0 cm³/mol. The van der Waals surface area contributed by atoms with Crippen LogP contribution >= 0.6 is 21.6 Å². The Morgan fingerprint density at radius 1 is 1.36 bits per heavy atom. The number of likely N-dealkylation sites (N-methyl/N-ethyl adjacent to an activating group) is 1. The van der Waals surface area contributed by atoms with Gasteiger partial charge in [-0.15, -0.1) is 0 Å². The number of amides is 2. The number of nitrogens with zero attached hydrogens (tertiary/aromatic N) is 2. The molecule has 22 heavy (non-hydrogen) atoms. The van der Waals surface area contributed by atoms with Crippen LogP contribution in [0.5, 0.6) is 0 Å². The first-order chi connectivity index (χ1) is 10.4. The van der Waals surface area contributed by atoms with Crippen LogP contribution in [0.2, 0.25) is 0 Å². The summed E-state index contributed by atoms with van der Waals surface area (Å²) < 4.78 is 13.8. The number of hydrogen-bond acceptors (Lipinski definition) is 6. The van der Waals surface area contributed by atoms with Crippen LogP contribution in [-0.4, -0.2) is 67.4 Å². The number of piperazine rings is 1. The van der Waals surface area contributed by atoms with E-state index in [0.29, 0.717) is 5.57 Å². The van der Waals surface area contributed by atoms with E-state index in [4.69, 9.17) is 0 Å². The van der Waals surface area contributed by atoms with Crippen LogP contribution in [0.4, 0.5) is 4.39 Å². The van der Waals surface area contributed by atoms with Crippen molar-refractivity contribution in [1.82, 2.24) is 9.80 Å². The molecular formula is C13H13FN2O4S2. The fourth-order valence-corrected chi connectivity index (χ4v) is 7.13. The van der Waals surface area contributed by atoms with Crippen LogP contribution in [-0.2, 0) is 9.59 Å².